The average Bonchev–Trinajstić information content (AvgIpc) is 3.41. The standard InChI is InChI=1S/C31H11F15N2OS/c32-27(33,34)19-20(28(35,36)37)22(30(41,42)43)25(23(31(44,45)46)21(19)29(38,39)40)49-26-16-10-13-6-2-1-5-12(13)9-15(16)24(47-48-26)18-11-14-7-3-4-8-17(14)50-18/h1-11H. The first-order valence-corrected chi connectivity index (χ1v) is 14.3. The summed E-state index contributed by atoms with van der Waals surface area (Å²) in [4.78, 5) is 0.325. The summed E-state index contributed by atoms with van der Waals surface area (Å²) in [7, 11) is 0. The number of fused-ring (bicyclic) bond motifs is 3. The largest absolute Gasteiger partial charge is 0.436 e. The minimum atomic E-state index is -7.04. The van der Waals surface area contributed by atoms with Gasteiger partial charge in [0.1, 0.15) is 16.8 Å². The van der Waals surface area contributed by atoms with E-state index >= 15 is 0 Å². The van der Waals surface area contributed by atoms with E-state index in [1.165, 1.54) is 24.3 Å². The maximum atomic E-state index is 14.4. The van der Waals surface area contributed by atoms with Crippen LogP contribution < -0.4 is 4.74 Å². The molecule has 0 aliphatic heterocycles. The lowest BCUT2D eigenvalue weighted by Crippen LogP contribution is -2.31. The lowest BCUT2D eigenvalue weighted by molar-refractivity contribution is -0.189. The molecule has 4 aromatic carbocycles. The Bertz CT molecular complexity index is 2210. The molecule has 0 spiro atoms. The van der Waals surface area contributed by atoms with Crippen molar-refractivity contribution in [1.29, 1.82) is 0 Å². The topological polar surface area (TPSA) is 35.0 Å². The van der Waals surface area contributed by atoms with E-state index in [-0.39, 0.29) is 16.5 Å². The molecule has 50 heavy (non-hydrogen) atoms. The van der Waals surface area contributed by atoms with Crippen LogP contribution >= 0.6 is 11.3 Å². The third-order valence-corrected chi connectivity index (χ3v) is 8.46. The summed E-state index contributed by atoms with van der Waals surface area (Å²) in [5.74, 6) is -4.72. The maximum Gasteiger partial charge on any atom is 0.420 e. The van der Waals surface area contributed by atoms with Gasteiger partial charge < -0.3 is 4.74 Å². The minimum absolute atomic E-state index is 0.0641. The van der Waals surface area contributed by atoms with Crippen LogP contribution in [0.1, 0.15) is 27.8 Å². The van der Waals surface area contributed by atoms with E-state index in [0.717, 1.165) is 17.4 Å². The molecule has 0 saturated carbocycles. The van der Waals surface area contributed by atoms with Gasteiger partial charge in [0.15, 0.2) is 5.75 Å². The van der Waals surface area contributed by atoms with Gasteiger partial charge in [-0.15, -0.1) is 21.5 Å². The lowest BCUT2D eigenvalue weighted by atomic mass is 9.88. The van der Waals surface area contributed by atoms with Gasteiger partial charge in [0, 0.05) is 15.5 Å². The molecule has 0 amide bonds. The van der Waals surface area contributed by atoms with E-state index < -0.39 is 75.7 Å². The van der Waals surface area contributed by atoms with Gasteiger partial charge in [-0.2, -0.15) is 65.9 Å². The number of alkyl halides is 15. The molecular formula is C31H11F15N2OS. The Morgan fingerprint density at radius 3 is 1.34 bits per heavy atom. The summed E-state index contributed by atoms with van der Waals surface area (Å²) >= 11 is 1.11. The van der Waals surface area contributed by atoms with Crippen molar-refractivity contribution >= 4 is 43.0 Å². The number of ether oxygens (including phenoxy) is 1. The molecule has 6 aromatic rings. The van der Waals surface area contributed by atoms with Crippen LogP contribution in [-0.2, 0) is 30.9 Å². The predicted molar refractivity (Wildman–Crippen MR) is 149 cm³/mol. The van der Waals surface area contributed by atoms with Crippen LogP contribution in [0.15, 0.2) is 66.7 Å². The number of hydrogen-bond acceptors (Lipinski definition) is 4. The average molecular weight is 744 g/mol. The fourth-order valence-electron chi connectivity index (χ4n) is 5.49. The van der Waals surface area contributed by atoms with Crippen molar-refractivity contribution in [2.75, 3.05) is 0 Å². The zero-order valence-electron chi connectivity index (χ0n) is 23.7. The predicted octanol–water partition coefficient (Wildman–Crippen LogP) is 12.6. The van der Waals surface area contributed by atoms with Crippen molar-refractivity contribution in [3.05, 3.63) is 94.5 Å². The van der Waals surface area contributed by atoms with Gasteiger partial charge >= 0.3 is 30.9 Å². The Labute approximate surface area is 271 Å². The number of halogens is 15. The first-order valence-electron chi connectivity index (χ1n) is 13.4. The SMILES string of the molecule is FC(F)(F)c1c(Oc2nnc(-c3cc4ccccc4s3)c3cc4ccccc4cc23)c(C(F)(F)F)c(C(F)(F)F)c(C(F)(F)F)c1C(F)(F)F. The van der Waals surface area contributed by atoms with Crippen molar-refractivity contribution in [2.45, 2.75) is 30.9 Å². The van der Waals surface area contributed by atoms with E-state index in [0.29, 0.717) is 20.3 Å². The highest BCUT2D eigenvalue weighted by atomic mass is 32.1. The van der Waals surface area contributed by atoms with Crippen LogP contribution in [0, 0.1) is 0 Å². The Morgan fingerprint density at radius 1 is 0.460 bits per heavy atom. The molecular weight excluding hydrogens is 733 g/mol. The summed E-state index contributed by atoms with van der Waals surface area (Å²) in [6.45, 7) is 0. The molecule has 262 valence electrons. The molecule has 0 bridgehead atoms. The Hall–Kier alpha value is -4.81. The minimum Gasteiger partial charge on any atom is -0.436 e. The van der Waals surface area contributed by atoms with Gasteiger partial charge in [-0.25, -0.2) is 0 Å². The lowest BCUT2D eigenvalue weighted by Gasteiger charge is -2.30. The number of nitrogens with zero attached hydrogens (tertiary/aromatic N) is 2. The smallest absolute Gasteiger partial charge is 0.420 e. The van der Waals surface area contributed by atoms with Crippen molar-refractivity contribution < 1.29 is 70.6 Å². The van der Waals surface area contributed by atoms with Gasteiger partial charge in [0.2, 0.25) is 5.88 Å². The first kappa shape index (κ1) is 35.0. The highest BCUT2D eigenvalue weighted by Crippen LogP contribution is 2.59. The fraction of sp³-hybridized carbons (Fsp3) is 0.161. The number of aromatic nitrogens is 2. The summed E-state index contributed by atoms with van der Waals surface area (Å²) in [6, 6.07) is 16.6. The molecule has 2 aromatic heterocycles. The molecule has 0 N–H and O–H groups in total. The van der Waals surface area contributed by atoms with Crippen molar-refractivity contribution in [2.24, 2.45) is 0 Å². The van der Waals surface area contributed by atoms with Crippen LogP contribution in [0.5, 0.6) is 11.6 Å². The summed E-state index contributed by atoms with van der Waals surface area (Å²) in [5, 5.41) is 7.85. The number of thiophene rings is 1. The van der Waals surface area contributed by atoms with Crippen LogP contribution in [0.2, 0.25) is 0 Å². The van der Waals surface area contributed by atoms with Crippen molar-refractivity contribution in [3.63, 3.8) is 0 Å². The van der Waals surface area contributed by atoms with Gasteiger partial charge in [-0.3, -0.25) is 0 Å². The molecule has 6 rings (SSSR count). The van der Waals surface area contributed by atoms with Gasteiger partial charge in [0.05, 0.1) is 21.6 Å². The van der Waals surface area contributed by atoms with Crippen LogP contribution in [0.4, 0.5) is 65.9 Å². The molecule has 19 heteroatoms. The molecule has 0 radical (unpaired) electrons. The molecule has 0 aliphatic carbocycles. The second kappa shape index (κ2) is 11.4. The summed E-state index contributed by atoms with van der Waals surface area (Å²) in [5.41, 5.74) is -20.1. The maximum absolute atomic E-state index is 14.4. The van der Waals surface area contributed by atoms with Crippen LogP contribution in [0.3, 0.4) is 0 Å². The Balaban J connectivity index is 1.77. The quantitative estimate of drug-likeness (QED) is 0.134. The third-order valence-electron chi connectivity index (χ3n) is 7.34. The third kappa shape index (κ3) is 6.11. The second-order valence-electron chi connectivity index (χ2n) is 10.5. The van der Waals surface area contributed by atoms with Crippen molar-refractivity contribution in [1.82, 2.24) is 10.2 Å². The van der Waals surface area contributed by atoms with E-state index in [1.807, 2.05) is 0 Å². The monoisotopic (exact) mass is 744 g/mol. The molecule has 0 atom stereocenters. The van der Waals surface area contributed by atoms with Crippen molar-refractivity contribution in [3.8, 4) is 22.2 Å². The fourth-order valence-corrected chi connectivity index (χ4v) is 6.55. The Morgan fingerprint density at radius 2 is 0.880 bits per heavy atom. The summed E-state index contributed by atoms with van der Waals surface area (Å²) in [6.07, 6.45) is -34.6. The first-order chi connectivity index (χ1) is 23.0. The molecule has 0 unspecified atom stereocenters. The molecule has 2 heterocycles. The Kier molecular flexibility index (Phi) is 7.96. The van der Waals surface area contributed by atoms with E-state index in [2.05, 4.69) is 14.9 Å². The number of hydrogen-bond donors (Lipinski definition) is 0. The molecule has 0 fully saturated rings. The molecule has 0 saturated heterocycles. The van der Waals surface area contributed by atoms with Gasteiger partial charge in [-0.1, -0.05) is 42.5 Å². The highest BCUT2D eigenvalue weighted by molar-refractivity contribution is 7.22. The zero-order valence-corrected chi connectivity index (χ0v) is 24.5. The second-order valence-corrected chi connectivity index (χ2v) is 11.6. The normalized spacial score (nSPS) is 13.5. The summed E-state index contributed by atoms with van der Waals surface area (Å²) < 4.78 is 218. The van der Waals surface area contributed by atoms with Gasteiger partial charge in [0.25, 0.3) is 0 Å². The van der Waals surface area contributed by atoms with Crippen LogP contribution in [0.25, 0.3) is 42.2 Å². The van der Waals surface area contributed by atoms with Gasteiger partial charge in [-0.05, 0) is 40.4 Å². The van der Waals surface area contributed by atoms with E-state index in [1.54, 1.807) is 36.4 Å². The number of rotatable bonds is 3. The number of benzene rings is 4. The zero-order chi connectivity index (χ0) is 36.8. The molecule has 3 nitrogen and oxygen atoms in total. The van der Waals surface area contributed by atoms with E-state index in [9.17, 15) is 65.9 Å². The highest BCUT2D eigenvalue weighted by Gasteiger charge is 2.61. The van der Waals surface area contributed by atoms with Crippen LogP contribution in [-0.4, -0.2) is 10.2 Å². The molecule has 0 aliphatic rings. The van der Waals surface area contributed by atoms with E-state index in [4.69, 9.17) is 0 Å².